The molecule has 1 rings (SSSR count). The van der Waals surface area contributed by atoms with Crippen molar-refractivity contribution in [3.63, 3.8) is 0 Å². The molecule has 0 saturated heterocycles. The van der Waals surface area contributed by atoms with Crippen LogP contribution in [0.3, 0.4) is 0 Å². The zero-order valence-electron chi connectivity index (χ0n) is 12.4. The van der Waals surface area contributed by atoms with Gasteiger partial charge < -0.3 is 0 Å². The van der Waals surface area contributed by atoms with Crippen LogP contribution < -0.4 is 0 Å². The summed E-state index contributed by atoms with van der Waals surface area (Å²) in [7, 11) is 0. The maximum absolute atomic E-state index is 2.43. The van der Waals surface area contributed by atoms with Crippen LogP contribution >= 0.6 is 0 Å². The predicted molar refractivity (Wildman–Crippen MR) is 82.8 cm³/mol. The summed E-state index contributed by atoms with van der Waals surface area (Å²) in [5.41, 5.74) is 0. The molecule has 1 aliphatic carbocycles. The van der Waals surface area contributed by atoms with Gasteiger partial charge >= 0.3 is 0 Å². The highest BCUT2D eigenvalue weighted by Gasteiger charge is 2.07. The van der Waals surface area contributed by atoms with E-state index in [9.17, 15) is 0 Å². The van der Waals surface area contributed by atoms with Crippen molar-refractivity contribution in [2.24, 2.45) is 5.92 Å². The molecule has 0 bridgehead atoms. The van der Waals surface area contributed by atoms with E-state index in [-0.39, 0.29) is 0 Å². The Morgan fingerprint density at radius 2 is 1.67 bits per heavy atom. The largest absolute Gasteiger partial charge is 0.0885 e. The maximum Gasteiger partial charge on any atom is -0.0231 e. The molecule has 0 aromatic heterocycles. The smallest absolute Gasteiger partial charge is 0.0231 e. The van der Waals surface area contributed by atoms with Crippen LogP contribution in [-0.2, 0) is 0 Å². The van der Waals surface area contributed by atoms with Crippen LogP contribution in [-0.4, -0.2) is 0 Å². The van der Waals surface area contributed by atoms with Gasteiger partial charge in [0.25, 0.3) is 0 Å². The molecular formula is C18H32. The van der Waals surface area contributed by atoms with Gasteiger partial charge in [-0.3, -0.25) is 0 Å². The minimum absolute atomic E-state index is 0.920. The van der Waals surface area contributed by atoms with Gasteiger partial charge in [-0.1, -0.05) is 63.3 Å². The van der Waals surface area contributed by atoms with E-state index in [1.54, 1.807) is 0 Å². The Hall–Kier alpha value is -0.520. The summed E-state index contributed by atoms with van der Waals surface area (Å²) in [6.45, 7) is 2.27. The first-order valence-electron chi connectivity index (χ1n) is 8.25. The third kappa shape index (κ3) is 8.55. The first kappa shape index (κ1) is 15.5. The molecule has 0 aromatic carbocycles. The van der Waals surface area contributed by atoms with E-state index in [1.165, 1.54) is 77.0 Å². The third-order valence-corrected chi connectivity index (χ3v) is 3.95. The van der Waals surface area contributed by atoms with Crippen molar-refractivity contribution < 1.29 is 0 Å². The number of allylic oxidation sites excluding steroid dienone is 4. The summed E-state index contributed by atoms with van der Waals surface area (Å²) in [5.74, 6) is 0.920. The van der Waals surface area contributed by atoms with Crippen molar-refractivity contribution in [2.45, 2.75) is 84.0 Å². The summed E-state index contributed by atoms with van der Waals surface area (Å²) in [4.78, 5) is 0. The summed E-state index contributed by atoms with van der Waals surface area (Å²) in [5, 5.41) is 0. The number of hydrogen-bond acceptors (Lipinski definition) is 0. The molecule has 1 aliphatic rings. The minimum Gasteiger partial charge on any atom is -0.0885 e. The van der Waals surface area contributed by atoms with Gasteiger partial charge in [0.15, 0.2) is 0 Å². The highest BCUT2D eigenvalue weighted by molar-refractivity contribution is 4.95. The van der Waals surface area contributed by atoms with Crippen molar-refractivity contribution in [1.29, 1.82) is 0 Å². The summed E-state index contributed by atoms with van der Waals surface area (Å²) >= 11 is 0. The SMILES string of the molecule is CCCCCC=CCCCCCCC1C=CCC1. The monoisotopic (exact) mass is 248 g/mol. The molecule has 0 N–H and O–H groups in total. The van der Waals surface area contributed by atoms with Crippen molar-refractivity contribution in [1.82, 2.24) is 0 Å². The quantitative estimate of drug-likeness (QED) is 0.292. The molecule has 1 atom stereocenters. The van der Waals surface area contributed by atoms with Gasteiger partial charge in [0.1, 0.15) is 0 Å². The molecule has 0 aliphatic heterocycles. The summed E-state index contributed by atoms with van der Waals surface area (Å²) < 4.78 is 0. The second-order valence-electron chi connectivity index (χ2n) is 5.72. The fourth-order valence-corrected chi connectivity index (χ4v) is 2.71. The number of rotatable bonds is 11. The van der Waals surface area contributed by atoms with Crippen molar-refractivity contribution in [3.8, 4) is 0 Å². The third-order valence-electron chi connectivity index (χ3n) is 3.95. The molecule has 0 aromatic rings. The number of hydrogen-bond donors (Lipinski definition) is 0. The Morgan fingerprint density at radius 1 is 0.944 bits per heavy atom. The van der Waals surface area contributed by atoms with Crippen LogP contribution in [0.1, 0.15) is 84.0 Å². The van der Waals surface area contributed by atoms with E-state index in [2.05, 4.69) is 31.2 Å². The molecule has 104 valence electrons. The Bertz CT molecular complexity index is 224. The molecule has 0 heteroatoms. The maximum atomic E-state index is 2.43. The Labute approximate surface area is 115 Å². The van der Waals surface area contributed by atoms with Gasteiger partial charge in [-0.25, -0.2) is 0 Å². The lowest BCUT2D eigenvalue weighted by Crippen LogP contribution is -1.91. The standard InChI is InChI=1S/C18H32/c1-2-3-4-5-6-7-8-9-10-11-12-15-18-16-13-14-17-18/h6-7,13,16,18H,2-5,8-12,14-15,17H2,1H3. The second kappa shape index (κ2) is 11.6. The van der Waals surface area contributed by atoms with E-state index in [0.717, 1.165) is 5.92 Å². The van der Waals surface area contributed by atoms with Crippen LogP contribution in [0.15, 0.2) is 24.3 Å². The molecule has 0 saturated carbocycles. The van der Waals surface area contributed by atoms with Crippen molar-refractivity contribution in [3.05, 3.63) is 24.3 Å². The Morgan fingerprint density at radius 3 is 2.33 bits per heavy atom. The molecule has 0 spiro atoms. The fraction of sp³-hybridized carbons (Fsp3) is 0.778. The lowest BCUT2D eigenvalue weighted by Gasteiger charge is -2.06. The van der Waals surface area contributed by atoms with Gasteiger partial charge in [0.2, 0.25) is 0 Å². The summed E-state index contributed by atoms with van der Waals surface area (Å²) in [6.07, 6.45) is 26.1. The Balaban J connectivity index is 1.76. The Kier molecular flexibility index (Phi) is 9.98. The lowest BCUT2D eigenvalue weighted by molar-refractivity contribution is 0.519. The van der Waals surface area contributed by atoms with Gasteiger partial charge in [-0.15, -0.1) is 0 Å². The van der Waals surface area contributed by atoms with Crippen LogP contribution in [0.2, 0.25) is 0 Å². The first-order chi connectivity index (χ1) is 8.93. The van der Waals surface area contributed by atoms with Gasteiger partial charge in [-0.05, 0) is 50.9 Å². The van der Waals surface area contributed by atoms with Gasteiger partial charge in [-0.2, -0.15) is 0 Å². The van der Waals surface area contributed by atoms with Crippen LogP contribution in [0, 0.1) is 5.92 Å². The average molecular weight is 248 g/mol. The number of unbranched alkanes of at least 4 members (excludes halogenated alkanes) is 7. The van der Waals surface area contributed by atoms with E-state index in [4.69, 9.17) is 0 Å². The molecule has 0 fully saturated rings. The van der Waals surface area contributed by atoms with E-state index in [1.807, 2.05) is 0 Å². The van der Waals surface area contributed by atoms with Crippen LogP contribution in [0.25, 0.3) is 0 Å². The molecule has 1 unspecified atom stereocenters. The molecule has 0 radical (unpaired) electrons. The summed E-state index contributed by atoms with van der Waals surface area (Å²) in [6, 6.07) is 0. The average Bonchev–Trinajstić information content (AvgIpc) is 2.89. The topological polar surface area (TPSA) is 0 Å². The van der Waals surface area contributed by atoms with E-state index >= 15 is 0 Å². The fourth-order valence-electron chi connectivity index (χ4n) is 2.71. The molecule has 0 amide bonds. The normalized spacial score (nSPS) is 19.1. The zero-order valence-corrected chi connectivity index (χ0v) is 12.4. The predicted octanol–water partition coefficient (Wildman–Crippen LogP) is 6.43. The van der Waals surface area contributed by atoms with Crippen LogP contribution in [0.5, 0.6) is 0 Å². The van der Waals surface area contributed by atoms with E-state index in [0.29, 0.717) is 0 Å². The van der Waals surface area contributed by atoms with Crippen molar-refractivity contribution in [2.75, 3.05) is 0 Å². The minimum atomic E-state index is 0.920. The molecular weight excluding hydrogens is 216 g/mol. The zero-order chi connectivity index (χ0) is 12.9. The molecule has 18 heavy (non-hydrogen) atoms. The highest BCUT2D eigenvalue weighted by Crippen LogP contribution is 2.23. The lowest BCUT2D eigenvalue weighted by atomic mass is 10.00. The van der Waals surface area contributed by atoms with Crippen molar-refractivity contribution >= 4 is 0 Å². The molecule has 0 heterocycles. The van der Waals surface area contributed by atoms with Gasteiger partial charge in [0.05, 0.1) is 0 Å². The van der Waals surface area contributed by atoms with Gasteiger partial charge in [0, 0.05) is 0 Å². The molecule has 0 nitrogen and oxygen atoms in total. The highest BCUT2D eigenvalue weighted by atomic mass is 14.1. The first-order valence-corrected chi connectivity index (χ1v) is 8.25. The van der Waals surface area contributed by atoms with E-state index < -0.39 is 0 Å². The second-order valence-corrected chi connectivity index (χ2v) is 5.72. The van der Waals surface area contributed by atoms with Crippen LogP contribution in [0.4, 0.5) is 0 Å².